The second kappa shape index (κ2) is 9.39. The highest BCUT2D eigenvalue weighted by molar-refractivity contribution is 7.22. The van der Waals surface area contributed by atoms with Crippen LogP contribution in [0.1, 0.15) is 0 Å². The molecule has 2 amide bonds. The maximum Gasteiger partial charge on any atom is 0.321 e. The Kier molecular flexibility index (Phi) is 6.40. The van der Waals surface area contributed by atoms with E-state index in [1.165, 1.54) is 0 Å². The van der Waals surface area contributed by atoms with E-state index in [0.717, 1.165) is 21.1 Å². The Morgan fingerprint density at radius 2 is 1.59 bits per heavy atom. The van der Waals surface area contributed by atoms with E-state index in [4.69, 9.17) is 23.9 Å². The summed E-state index contributed by atoms with van der Waals surface area (Å²) in [6.45, 7) is 2.57. The fourth-order valence-corrected chi connectivity index (χ4v) is 4.70. The number of anilines is 2. The monoisotopic (exact) mass is 458 g/mol. The van der Waals surface area contributed by atoms with Crippen molar-refractivity contribution in [2.75, 3.05) is 64.8 Å². The highest BCUT2D eigenvalue weighted by atomic mass is 32.1. The zero-order chi connectivity index (χ0) is 22.7. The minimum atomic E-state index is -0.176. The average molecular weight is 459 g/mol. The maximum atomic E-state index is 12.8. The molecular formula is C22H26N4O5S. The van der Waals surface area contributed by atoms with Gasteiger partial charge in [0.05, 0.1) is 38.8 Å². The summed E-state index contributed by atoms with van der Waals surface area (Å²) in [5.41, 5.74) is 1.45. The Morgan fingerprint density at radius 3 is 2.19 bits per heavy atom. The van der Waals surface area contributed by atoms with Crippen molar-refractivity contribution in [3.8, 4) is 23.0 Å². The van der Waals surface area contributed by atoms with Gasteiger partial charge >= 0.3 is 6.03 Å². The van der Waals surface area contributed by atoms with Gasteiger partial charge in [-0.3, -0.25) is 0 Å². The highest BCUT2D eigenvalue weighted by Crippen LogP contribution is 2.40. The molecule has 1 saturated heterocycles. The normalized spacial score (nSPS) is 13.8. The Hall–Kier alpha value is -3.40. The van der Waals surface area contributed by atoms with E-state index in [1.807, 2.05) is 18.2 Å². The van der Waals surface area contributed by atoms with Crippen LogP contribution in [0, 0.1) is 0 Å². The molecular weight excluding hydrogens is 432 g/mol. The van der Waals surface area contributed by atoms with Crippen LogP contribution in [0.5, 0.6) is 23.0 Å². The third kappa shape index (κ3) is 4.18. The van der Waals surface area contributed by atoms with Gasteiger partial charge in [0.1, 0.15) is 11.3 Å². The number of urea groups is 1. The number of methoxy groups -OCH3 is 4. The van der Waals surface area contributed by atoms with Gasteiger partial charge in [-0.2, -0.15) is 0 Å². The molecule has 1 N–H and O–H groups in total. The van der Waals surface area contributed by atoms with Crippen molar-refractivity contribution in [2.45, 2.75) is 0 Å². The van der Waals surface area contributed by atoms with Gasteiger partial charge in [0.25, 0.3) is 0 Å². The standard InChI is InChI=1S/C22H26N4O5S/c1-28-15-6-5-7-18-19(15)24-22(32-18)26-10-8-25(9-11-26)21(27)23-14-12-16(29-2)20(31-4)17(13-14)30-3/h5-7,12-13H,8-11H2,1-4H3,(H,23,27). The van der Waals surface area contributed by atoms with E-state index in [0.29, 0.717) is 49.1 Å². The number of thiazole rings is 1. The SMILES string of the molecule is COc1cc(NC(=O)N2CCN(c3nc4c(OC)cccc4s3)CC2)cc(OC)c1OC. The zero-order valence-corrected chi connectivity index (χ0v) is 19.3. The second-order valence-electron chi connectivity index (χ2n) is 7.12. The number of rotatable bonds is 6. The van der Waals surface area contributed by atoms with Gasteiger partial charge in [0.15, 0.2) is 16.6 Å². The average Bonchev–Trinajstić information content (AvgIpc) is 3.28. The van der Waals surface area contributed by atoms with Crippen molar-refractivity contribution in [2.24, 2.45) is 0 Å². The van der Waals surface area contributed by atoms with E-state index in [-0.39, 0.29) is 6.03 Å². The largest absolute Gasteiger partial charge is 0.494 e. The number of amides is 2. The Balaban J connectivity index is 1.42. The number of para-hydroxylation sites is 1. The van der Waals surface area contributed by atoms with E-state index in [1.54, 1.807) is 56.8 Å². The molecule has 0 unspecified atom stereocenters. The maximum absolute atomic E-state index is 12.8. The Morgan fingerprint density at radius 1 is 0.938 bits per heavy atom. The molecule has 2 aromatic carbocycles. The molecule has 32 heavy (non-hydrogen) atoms. The number of aromatic nitrogens is 1. The molecule has 1 aliphatic heterocycles. The fraction of sp³-hybridized carbons (Fsp3) is 0.364. The highest BCUT2D eigenvalue weighted by Gasteiger charge is 2.24. The second-order valence-corrected chi connectivity index (χ2v) is 8.13. The van der Waals surface area contributed by atoms with Crippen molar-refractivity contribution in [1.29, 1.82) is 0 Å². The molecule has 3 aromatic rings. The molecule has 4 rings (SSSR count). The molecule has 0 aliphatic carbocycles. The van der Waals surface area contributed by atoms with Crippen molar-refractivity contribution in [3.05, 3.63) is 30.3 Å². The third-order valence-electron chi connectivity index (χ3n) is 5.34. The number of nitrogens with one attached hydrogen (secondary N) is 1. The van der Waals surface area contributed by atoms with Crippen molar-refractivity contribution < 1.29 is 23.7 Å². The number of piperazine rings is 1. The summed E-state index contributed by atoms with van der Waals surface area (Å²) in [4.78, 5) is 21.6. The number of nitrogens with zero attached hydrogens (tertiary/aromatic N) is 3. The fourth-order valence-electron chi connectivity index (χ4n) is 3.67. The number of carbonyl (C=O) groups is 1. The van der Waals surface area contributed by atoms with Gasteiger partial charge in [-0.15, -0.1) is 0 Å². The number of hydrogen-bond donors (Lipinski definition) is 1. The predicted octanol–water partition coefficient (Wildman–Crippen LogP) is 3.68. The van der Waals surface area contributed by atoms with E-state index < -0.39 is 0 Å². The van der Waals surface area contributed by atoms with Crippen LogP contribution in [0.4, 0.5) is 15.6 Å². The van der Waals surface area contributed by atoms with Gasteiger partial charge in [0.2, 0.25) is 5.75 Å². The van der Waals surface area contributed by atoms with Gasteiger partial charge in [-0.25, -0.2) is 9.78 Å². The third-order valence-corrected chi connectivity index (χ3v) is 6.43. The lowest BCUT2D eigenvalue weighted by Gasteiger charge is -2.34. The van der Waals surface area contributed by atoms with Crippen molar-refractivity contribution in [1.82, 2.24) is 9.88 Å². The number of hydrogen-bond acceptors (Lipinski definition) is 8. The lowest BCUT2D eigenvalue weighted by Crippen LogP contribution is -2.50. The van der Waals surface area contributed by atoms with Crippen LogP contribution in [-0.2, 0) is 0 Å². The first-order valence-electron chi connectivity index (χ1n) is 10.1. The molecule has 0 atom stereocenters. The van der Waals surface area contributed by atoms with Gasteiger partial charge in [0, 0.05) is 38.3 Å². The first-order valence-corrected chi connectivity index (χ1v) is 10.9. The summed E-state index contributed by atoms with van der Waals surface area (Å²) in [6.07, 6.45) is 0. The van der Waals surface area contributed by atoms with Crippen LogP contribution >= 0.6 is 11.3 Å². The first kappa shape index (κ1) is 21.8. The molecule has 0 radical (unpaired) electrons. The summed E-state index contributed by atoms with van der Waals surface area (Å²) in [6, 6.07) is 9.17. The Bertz CT molecular complexity index is 1090. The van der Waals surface area contributed by atoms with Crippen molar-refractivity contribution >= 4 is 38.4 Å². The molecule has 9 nitrogen and oxygen atoms in total. The zero-order valence-electron chi connectivity index (χ0n) is 18.5. The summed E-state index contributed by atoms with van der Waals surface area (Å²) in [5, 5.41) is 3.87. The molecule has 0 bridgehead atoms. The molecule has 10 heteroatoms. The lowest BCUT2D eigenvalue weighted by atomic mass is 10.2. The molecule has 1 fully saturated rings. The summed E-state index contributed by atoms with van der Waals surface area (Å²) < 4.78 is 22.6. The van der Waals surface area contributed by atoms with Crippen LogP contribution in [0.2, 0.25) is 0 Å². The topological polar surface area (TPSA) is 85.4 Å². The Labute approximate surface area is 190 Å². The number of ether oxygens (including phenoxy) is 4. The van der Waals surface area contributed by atoms with Gasteiger partial charge in [-0.1, -0.05) is 17.4 Å². The molecule has 170 valence electrons. The number of fused-ring (bicyclic) bond motifs is 1. The van der Waals surface area contributed by atoms with Crippen LogP contribution in [0.15, 0.2) is 30.3 Å². The quantitative estimate of drug-likeness (QED) is 0.603. The van der Waals surface area contributed by atoms with E-state index >= 15 is 0 Å². The summed E-state index contributed by atoms with van der Waals surface area (Å²) in [7, 11) is 6.28. The minimum absolute atomic E-state index is 0.176. The summed E-state index contributed by atoms with van der Waals surface area (Å²) in [5.74, 6) is 2.22. The van der Waals surface area contributed by atoms with Crippen LogP contribution < -0.4 is 29.2 Å². The molecule has 2 heterocycles. The van der Waals surface area contributed by atoms with Gasteiger partial charge in [-0.05, 0) is 12.1 Å². The van der Waals surface area contributed by atoms with E-state index in [2.05, 4.69) is 10.2 Å². The van der Waals surface area contributed by atoms with Crippen molar-refractivity contribution in [3.63, 3.8) is 0 Å². The first-order chi connectivity index (χ1) is 15.6. The smallest absolute Gasteiger partial charge is 0.321 e. The van der Waals surface area contributed by atoms with E-state index in [9.17, 15) is 4.79 Å². The molecule has 0 spiro atoms. The molecule has 0 saturated carbocycles. The number of benzene rings is 2. The van der Waals surface area contributed by atoms with Crippen LogP contribution in [-0.4, -0.2) is 70.5 Å². The van der Waals surface area contributed by atoms with Crippen LogP contribution in [0.25, 0.3) is 10.2 Å². The lowest BCUT2D eigenvalue weighted by molar-refractivity contribution is 0.208. The molecule has 1 aliphatic rings. The summed E-state index contributed by atoms with van der Waals surface area (Å²) >= 11 is 1.63. The van der Waals surface area contributed by atoms with Crippen LogP contribution in [0.3, 0.4) is 0 Å². The van der Waals surface area contributed by atoms with Gasteiger partial charge < -0.3 is 34.1 Å². The number of carbonyl (C=O) groups excluding carboxylic acids is 1. The predicted molar refractivity (Wildman–Crippen MR) is 125 cm³/mol. The minimum Gasteiger partial charge on any atom is -0.494 e. The molecule has 1 aromatic heterocycles.